The summed E-state index contributed by atoms with van der Waals surface area (Å²) in [6.45, 7) is 5.44. The Morgan fingerprint density at radius 1 is 1.10 bits per heavy atom. The summed E-state index contributed by atoms with van der Waals surface area (Å²) in [5.41, 5.74) is 9.71. The van der Waals surface area contributed by atoms with E-state index in [1.165, 1.54) is 0 Å². The summed E-state index contributed by atoms with van der Waals surface area (Å²) < 4.78 is 0. The van der Waals surface area contributed by atoms with Crippen molar-refractivity contribution < 1.29 is 9.90 Å². The van der Waals surface area contributed by atoms with Crippen molar-refractivity contribution in [3.63, 3.8) is 0 Å². The molecular formula is C17H19NO2. The largest absolute Gasteiger partial charge is 0.481 e. The number of carboxylic acid groups (broad SMARTS) is 1. The first kappa shape index (κ1) is 14.1. The van der Waals surface area contributed by atoms with Crippen LogP contribution in [0, 0.1) is 6.92 Å². The van der Waals surface area contributed by atoms with Crippen molar-refractivity contribution in [2.75, 3.05) is 5.73 Å². The van der Waals surface area contributed by atoms with Crippen molar-refractivity contribution >= 4 is 11.7 Å². The molecule has 0 aliphatic heterocycles. The molecular weight excluding hydrogens is 250 g/mol. The molecule has 2 aromatic carbocycles. The van der Waals surface area contributed by atoms with Gasteiger partial charge in [-0.2, -0.15) is 0 Å². The summed E-state index contributed by atoms with van der Waals surface area (Å²) in [7, 11) is 0. The fourth-order valence-electron chi connectivity index (χ4n) is 2.14. The van der Waals surface area contributed by atoms with E-state index in [4.69, 9.17) is 5.73 Å². The molecule has 0 saturated heterocycles. The van der Waals surface area contributed by atoms with Crippen LogP contribution in [0.25, 0.3) is 11.1 Å². The van der Waals surface area contributed by atoms with E-state index < -0.39 is 11.4 Å². The van der Waals surface area contributed by atoms with E-state index in [2.05, 4.69) is 0 Å². The van der Waals surface area contributed by atoms with E-state index in [0.717, 1.165) is 27.9 Å². The second-order valence-electron chi connectivity index (χ2n) is 5.58. The molecule has 3 heteroatoms. The third-order valence-electron chi connectivity index (χ3n) is 3.71. The second kappa shape index (κ2) is 5.00. The highest BCUT2D eigenvalue weighted by Gasteiger charge is 2.29. The quantitative estimate of drug-likeness (QED) is 0.837. The zero-order valence-corrected chi connectivity index (χ0v) is 12.0. The first-order chi connectivity index (χ1) is 9.32. The van der Waals surface area contributed by atoms with E-state index in [1.807, 2.05) is 49.4 Å². The van der Waals surface area contributed by atoms with Crippen LogP contribution in [0.5, 0.6) is 0 Å². The average Bonchev–Trinajstić information content (AvgIpc) is 2.41. The minimum atomic E-state index is -0.886. The molecule has 3 N–H and O–H groups in total. The third-order valence-corrected chi connectivity index (χ3v) is 3.71. The predicted molar refractivity (Wildman–Crippen MR) is 81.7 cm³/mol. The minimum Gasteiger partial charge on any atom is -0.481 e. The Kier molecular flexibility index (Phi) is 3.53. The van der Waals surface area contributed by atoms with Gasteiger partial charge in [-0.1, -0.05) is 30.3 Å². The van der Waals surface area contributed by atoms with Gasteiger partial charge in [-0.15, -0.1) is 0 Å². The lowest BCUT2D eigenvalue weighted by Crippen LogP contribution is -2.28. The van der Waals surface area contributed by atoms with E-state index in [0.29, 0.717) is 0 Å². The highest BCUT2D eigenvalue weighted by Crippen LogP contribution is 2.29. The molecule has 0 bridgehead atoms. The minimum absolute atomic E-state index is 0.723. The molecule has 3 nitrogen and oxygen atoms in total. The lowest BCUT2D eigenvalue weighted by Gasteiger charge is -2.20. The molecule has 0 unspecified atom stereocenters. The topological polar surface area (TPSA) is 63.3 Å². The molecule has 0 aliphatic rings. The van der Waals surface area contributed by atoms with Gasteiger partial charge in [0.2, 0.25) is 0 Å². The molecule has 2 aromatic rings. The number of rotatable bonds is 3. The van der Waals surface area contributed by atoms with Crippen LogP contribution in [-0.2, 0) is 10.2 Å². The molecule has 0 aromatic heterocycles. The van der Waals surface area contributed by atoms with Gasteiger partial charge < -0.3 is 10.8 Å². The summed E-state index contributed by atoms with van der Waals surface area (Å²) in [5.74, 6) is -0.828. The zero-order chi connectivity index (χ0) is 14.9. The second-order valence-corrected chi connectivity index (χ2v) is 5.58. The number of nitrogens with two attached hydrogens (primary N) is 1. The van der Waals surface area contributed by atoms with Crippen LogP contribution in [0.15, 0.2) is 42.5 Å². The van der Waals surface area contributed by atoms with Gasteiger partial charge >= 0.3 is 5.97 Å². The van der Waals surface area contributed by atoms with Crippen LogP contribution in [0.4, 0.5) is 5.69 Å². The molecule has 0 saturated carbocycles. The van der Waals surface area contributed by atoms with E-state index >= 15 is 0 Å². The molecule has 0 heterocycles. The number of carboxylic acids is 1. The number of carbonyl (C=O) groups is 1. The summed E-state index contributed by atoms with van der Waals surface area (Å²) >= 11 is 0. The summed E-state index contributed by atoms with van der Waals surface area (Å²) in [6, 6.07) is 13.4. The first-order valence-corrected chi connectivity index (χ1v) is 6.53. The number of anilines is 1. The number of nitrogen functional groups attached to an aromatic ring is 1. The van der Waals surface area contributed by atoms with Crippen molar-refractivity contribution in [3.8, 4) is 11.1 Å². The Bertz CT molecular complexity index is 643. The molecule has 0 atom stereocenters. The van der Waals surface area contributed by atoms with Gasteiger partial charge in [-0.05, 0) is 55.2 Å². The molecule has 0 spiro atoms. The number of hydrogen-bond donors (Lipinski definition) is 2. The Labute approximate surface area is 119 Å². The van der Waals surface area contributed by atoms with Crippen molar-refractivity contribution in [3.05, 3.63) is 53.6 Å². The smallest absolute Gasteiger partial charge is 0.313 e. The molecule has 20 heavy (non-hydrogen) atoms. The van der Waals surface area contributed by atoms with Crippen LogP contribution in [0.1, 0.15) is 25.0 Å². The summed E-state index contributed by atoms with van der Waals surface area (Å²) in [5, 5.41) is 9.25. The van der Waals surface area contributed by atoms with Crippen LogP contribution in [-0.4, -0.2) is 11.1 Å². The Balaban J connectivity index is 2.43. The van der Waals surface area contributed by atoms with Gasteiger partial charge in [0.05, 0.1) is 5.41 Å². The monoisotopic (exact) mass is 269 g/mol. The Hall–Kier alpha value is -2.29. The number of hydrogen-bond acceptors (Lipinski definition) is 2. The van der Waals surface area contributed by atoms with Crippen molar-refractivity contribution in [1.82, 2.24) is 0 Å². The summed E-state index contributed by atoms with van der Waals surface area (Å²) in [6.07, 6.45) is 0. The van der Waals surface area contributed by atoms with Gasteiger partial charge in [-0.25, -0.2) is 0 Å². The van der Waals surface area contributed by atoms with Crippen LogP contribution >= 0.6 is 0 Å². The van der Waals surface area contributed by atoms with Crippen molar-refractivity contribution in [1.29, 1.82) is 0 Å². The normalized spacial score (nSPS) is 11.3. The number of aryl methyl sites for hydroxylation is 1. The lowest BCUT2D eigenvalue weighted by atomic mass is 9.84. The number of benzene rings is 2. The fraction of sp³-hybridized carbons (Fsp3) is 0.235. The van der Waals surface area contributed by atoms with Crippen molar-refractivity contribution in [2.45, 2.75) is 26.2 Å². The Morgan fingerprint density at radius 2 is 1.70 bits per heavy atom. The third kappa shape index (κ3) is 2.52. The molecule has 0 fully saturated rings. The Morgan fingerprint density at radius 3 is 2.25 bits per heavy atom. The number of aliphatic carboxylic acids is 1. The maximum absolute atomic E-state index is 11.3. The molecule has 0 aliphatic carbocycles. The summed E-state index contributed by atoms with van der Waals surface area (Å²) in [4.78, 5) is 11.3. The molecule has 2 rings (SSSR count). The van der Waals surface area contributed by atoms with Crippen LogP contribution < -0.4 is 5.73 Å². The SMILES string of the molecule is Cc1ccc(N)cc1-c1ccc(C(C)(C)C(=O)O)cc1. The predicted octanol–water partition coefficient (Wildman–Crippen LogP) is 3.61. The van der Waals surface area contributed by atoms with Crippen LogP contribution in [0.3, 0.4) is 0 Å². The molecule has 0 amide bonds. The average molecular weight is 269 g/mol. The van der Waals surface area contributed by atoms with E-state index in [9.17, 15) is 9.90 Å². The highest BCUT2D eigenvalue weighted by molar-refractivity contribution is 5.81. The van der Waals surface area contributed by atoms with Gasteiger partial charge in [0.1, 0.15) is 0 Å². The van der Waals surface area contributed by atoms with Gasteiger partial charge in [0.15, 0.2) is 0 Å². The maximum Gasteiger partial charge on any atom is 0.313 e. The molecule has 0 radical (unpaired) electrons. The first-order valence-electron chi connectivity index (χ1n) is 6.53. The lowest BCUT2D eigenvalue weighted by molar-refractivity contribution is -0.142. The highest BCUT2D eigenvalue weighted by atomic mass is 16.4. The maximum atomic E-state index is 11.3. The van der Waals surface area contributed by atoms with Gasteiger partial charge in [0, 0.05) is 5.69 Å². The van der Waals surface area contributed by atoms with Crippen LogP contribution in [0.2, 0.25) is 0 Å². The van der Waals surface area contributed by atoms with Gasteiger partial charge in [-0.3, -0.25) is 4.79 Å². The zero-order valence-electron chi connectivity index (χ0n) is 12.0. The van der Waals surface area contributed by atoms with E-state index in [-0.39, 0.29) is 0 Å². The standard InChI is InChI=1S/C17H19NO2/c1-11-4-9-14(18)10-15(11)12-5-7-13(8-6-12)17(2,3)16(19)20/h4-10H,18H2,1-3H3,(H,19,20). The molecule has 104 valence electrons. The van der Waals surface area contributed by atoms with Crippen molar-refractivity contribution in [2.24, 2.45) is 0 Å². The van der Waals surface area contributed by atoms with E-state index in [1.54, 1.807) is 13.8 Å². The fourth-order valence-corrected chi connectivity index (χ4v) is 2.14. The van der Waals surface area contributed by atoms with Gasteiger partial charge in [0.25, 0.3) is 0 Å².